The van der Waals surface area contributed by atoms with Crippen molar-refractivity contribution in [2.24, 2.45) is 5.73 Å². The van der Waals surface area contributed by atoms with Gasteiger partial charge < -0.3 is 26.0 Å². The van der Waals surface area contributed by atoms with Gasteiger partial charge in [0, 0.05) is 19.0 Å². The Bertz CT molecular complexity index is 879. The Hall–Kier alpha value is -3.10. The van der Waals surface area contributed by atoms with Crippen molar-refractivity contribution in [3.8, 4) is 0 Å². The fraction of sp³-hybridized carbons (Fsp3) is 0.615. The molecule has 4 N–H and O–H groups in total. The monoisotopic (exact) mass is 490 g/mol. The quantitative estimate of drug-likeness (QED) is 0.387. The normalized spacial score (nSPS) is 13.0. The SMILES string of the molecule is CCCCNC(=O)C(c1cccc(C)c1)N(C(=O)C(CCC(N)=O)NC(=O)OC(C)(C)C)C(C)C. The fourth-order valence-electron chi connectivity index (χ4n) is 3.62. The summed E-state index contributed by atoms with van der Waals surface area (Å²) in [6.45, 7) is 13.2. The van der Waals surface area contributed by atoms with E-state index in [1.54, 1.807) is 40.7 Å². The molecule has 0 aliphatic heterocycles. The molecule has 0 spiro atoms. The Kier molecular flexibility index (Phi) is 11.7. The average molecular weight is 491 g/mol. The maximum atomic E-state index is 13.9. The van der Waals surface area contributed by atoms with Crippen LogP contribution in [0.5, 0.6) is 0 Å². The number of carbonyl (C=O) groups excluding carboxylic acids is 4. The van der Waals surface area contributed by atoms with Gasteiger partial charge in [-0.25, -0.2) is 4.79 Å². The van der Waals surface area contributed by atoms with E-state index in [1.165, 1.54) is 4.90 Å². The molecule has 0 bridgehead atoms. The summed E-state index contributed by atoms with van der Waals surface area (Å²) in [7, 11) is 0. The molecule has 0 saturated heterocycles. The molecule has 196 valence electrons. The summed E-state index contributed by atoms with van der Waals surface area (Å²) in [6.07, 6.45) is 0.800. The molecule has 2 unspecified atom stereocenters. The number of rotatable bonds is 12. The highest BCUT2D eigenvalue weighted by Crippen LogP contribution is 2.26. The third kappa shape index (κ3) is 10.4. The van der Waals surface area contributed by atoms with Gasteiger partial charge >= 0.3 is 6.09 Å². The first-order valence-corrected chi connectivity index (χ1v) is 12.2. The Morgan fingerprint density at radius 3 is 2.31 bits per heavy atom. The summed E-state index contributed by atoms with van der Waals surface area (Å²) >= 11 is 0. The summed E-state index contributed by atoms with van der Waals surface area (Å²) < 4.78 is 5.32. The van der Waals surface area contributed by atoms with Crippen LogP contribution in [0, 0.1) is 6.92 Å². The molecule has 0 radical (unpaired) electrons. The number of aryl methyl sites for hydroxylation is 1. The number of hydrogen-bond donors (Lipinski definition) is 3. The van der Waals surface area contributed by atoms with Crippen molar-refractivity contribution >= 4 is 23.8 Å². The topological polar surface area (TPSA) is 131 Å². The van der Waals surface area contributed by atoms with Crippen LogP contribution in [0.15, 0.2) is 24.3 Å². The van der Waals surface area contributed by atoms with E-state index in [1.807, 2.05) is 32.0 Å². The molecule has 0 aliphatic carbocycles. The number of alkyl carbamates (subject to hydrolysis) is 1. The molecule has 1 rings (SSSR count). The van der Waals surface area contributed by atoms with Crippen molar-refractivity contribution in [3.63, 3.8) is 0 Å². The average Bonchev–Trinajstić information content (AvgIpc) is 2.72. The third-order valence-electron chi connectivity index (χ3n) is 5.19. The molecular formula is C26H42N4O5. The van der Waals surface area contributed by atoms with Crippen molar-refractivity contribution in [2.75, 3.05) is 6.54 Å². The zero-order valence-corrected chi connectivity index (χ0v) is 22.1. The van der Waals surface area contributed by atoms with Gasteiger partial charge in [0.2, 0.25) is 17.7 Å². The molecule has 0 heterocycles. The first kappa shape index (κ1) is 29.9. The highest BCUT2D eigenvalue weighted by atomic mass is 16.6. The van der Waals surface area contributed by atoms with E-state index in [-0.39, 0.29) is 24.8 Å². The Morgan fingerprint density at radius 2 is 1.80 bits per heavy atom. The van der Waals surface area contributed by atoms with Gasteiger partial charge in [-0.1, -0.05) is 43.2 Å². The molecule has 9 nitrogen and oxygen atoms in total. The number of nitrogens with zero attached hydrogens (tertiary/aromatic N) is 1. The maximum Gasteiger partial charge on any atom is 0.408 e. The number of carbonyl (C=O) groups is 4. The molecule has 0 saturated carbocycles. The highest BCUT2D eigenvalue weighted by Gasteiger charge is 2.37. The van der Waals surface area contributed by atoms with Gasteiger partial charge in [0.05, 0.1) is 0 Å². The van der Waals surface area contributed by atoms with Crippen molar-refractivity contribution in [2.45, 2.75) is 97.9 Å². The number of ether oxygens (including phenoxy) is 1. The predicted molar refractivity (Wildman–Crippen MR) is 135 cm³/mol. The second-order valence-electron chi connectivity index (χ2n) is 10.0. The number of amides is 4. The van der Waals surface area contributed by atoms with Crippen molar-refractivity contribution in [3.05, 3.63) is 35.4 Å². The number of primary amides is 1. The fourth-order valence-corrected chi connectivity index (χ4v) is 3.62. The van der Waals surface area contributed by atoms with E-state index in [2.05, 4.69) is 10.6 Å². The van der Waals surface area contributed by atoms with Gasteiger partial charge in [-0.2, -0.15) is 0 Å². The van der Waals surface area contributed by atoms with Gasteiger partial charge in [0.25, 0.3) is 0 Å². The summed E-state index contributed by atoms with van der Waals surface area (Å²) in [5, 5.41) is 5.52. The molecule has 4 amide bonds. The van der Waals surface area contributed by atoms with Crippen molar-refractivity contribution in [1.29, 1.82) is 0 Å². The molecule has 9 heteroatoms. The third-order valence-corrected chi connectivity index (χ3v) is 5.19. The minimum atomic E-state index is -1.10. The Labute approximate surface area is 209 Å². The summed E-state index contributed by atoms with van der Waals surface area (Å²) in [5.41, 5.74) is 6.15. The largest absolute Gasteiger partial charge is 0.444 e. The van der Waals surface area contributed by atoms with E-state index in [0.717, 1.165) is 18.4 Å². The van der Waals surface area contributed by atoms with Crippen LogP contribution < -0.4 is 16.4 Å². The van der Waals surface area contributed by atoms with Gasteiger partial charge in [0.15, 0.2) is 0 Å². The van der Waals surface area contributed by atoms with Crippen LogP contribution in [0.25, 0.3) is 0 Å². The van der Waals surface area contributed by atoms with Crippen LogP contribution in [0.4, 0.5) is 4.79 Å². The van der Waals surface area contributed by atoms with E-state index < -0.39 is 35.6 Å². The predicted octanol–water partition coefficient (Wildman–Crippen LogP) is 3.35. The zero-order chi connectivity index (χ0) is 26.8. The first-order chi connectivity index (χ1) is 16.3. The van der Waals surface area contributed by atoms with Gasteiger partial charge in [0.1, 0.15) is 17.7 Å². The number of benzene rings is 1. The number of hydrogen-bond acceptors (Lipinski definition) is 5. The number of nitrogens with one attached hydrogen (secondary N) is 2. The van der Waals surface area contributed by atoms with Gasteiger partial charge in [-0.3, -0.25) is 14.4 Å². The second-order valence-corrected chi connectivity index (χ2v) is 10.0. The summed E-state index contributed by atoms with van der Waals surface area (Å²) in [4.78, 5) is 52.7. The van der Waals surface area contributed by atoms with Crippen molar-refractivity contribution < 1.29 is 23.9 Å². The van der Waals surface area contributed by atoms with Gasteiger partial charge in [-0.05, 0) is 59.9 Å². The van der Waals surface area contributed by atoms with Crippen LogP contribution in [0.2, 0.25) is 0 Å². The van der Waals surface area contributed by atoms with E-state index >= 15 is 0 Å². The highest BCUT2D eigenvalue weighted by molar-refractivity contribution is 5.92. The Morgan fingerprint density at radius 1 is 1.14 bits per heavy atom. The lowest BCUT2D eigenvalue weighted by Crippen LogP contribution is -2.55. The standard InChI is InChI=1S/C26H42N4O5/c1-8-9-15-28-23(32)22(19-12-10-11-18(4)16-19)30(17(2)3)24(33)20(13-14-21(27)31)29-25(34)35-26(5,6)7/h10-12,16-17,20,22H,8-9,13-15H2,1-7H3,(H2,27,31)(H,28,32)(H,29,34). The first-order valence-electron chi connectivity index (χ1n) is 12.2. The van der Waals surface area contributed by atoms with Crippen LogP contribution in [-0.2, 0) is 19.1 Å². The van der Waals surface area contributed by atoms with E-state index in [9.17, 15) is 19.2 Å². The molecule has 0 aromatic heterocycles. The second kappa shape index (κ2) is 13.7. The molecule has 0 fully saturated rings. The minimum Gasteiger partial charge on any atom is -0.444 e. The lowest BCUT2D eigenvalue weighted by Gasteiger charge is -2.37. The molecule has 0 aliphatic rings. The number of nitrogens with two attached hydrogens (primary N) is 1. The van der Waals surface area contributed by atoms with Crippen LogP contribution in [-0.4, -0.2) is 52.9 Å². The van der Waals surface area contributed by atoms with E-state index in [0.29, 0.717) is 12.1 Å². The Balaban J connectivity index is 3.41. The lowest BCUT2D eigenvalue weighted by molar-refractivity contribution is -0.144. The lowest BCUT2D eigenvalue weighted by atomic mass is 9.98. The zero-order valence-electron chi connectivity index (χ0n) is 22.1. The molecule has 2 atom stereocenters. The van der Waals surface area contributed by atoms with Crippen molar-refractivity contribution in [1.82, 2.24) is 15.5 Å². The van der Waals surface area contributed by atoms with Crippen LogP contribution in [0.1, 0.15) is 84.4 Å². The molecule has 1 aromatic carbocycles. The summed E-state index contributed by atoms with van der Waals surface area (Å²) in [5.74, 6) is -1.40. The molecule has 35 heavy (non-hydrogen) atoms. The maximum absolute atomic E-state index is 13.9. The number of unbranched alkanes of at least 4 members (excludes halogenated alkanes) is 1. The van der Waals surface area contributed by atoms with Crippen LogP contribution in [0.3, 0.4) is 0 Å². The van der Waals surface area contributed by atoms with Crippen LogP contribution >= 0.6 is 0 Å². The smallest absolute Gasteiger partial charge is 0.408 e. The summed E-state index contributed by atoms with van der Waals surface area (Å²) in [6, 6.07) is 5.01. The minimum absolute atomic E-state index is 0.0192. The van der Waals surface area contributed by atoms with Gasteiger partial charge in [-0.15, -0.1) is 0 Å². The molecular weight excluding hydrogens is 448 g/mol. The van der Waals surface area contributed by atoms with E-state index in [4.69, 9.17) is 10.5 Å². The molecule has 1 aromatic rings.